The van der Waals surface area contributed by atoms with Crippen molar-refractivity contribution >= 4 is 29.1 Å². The lowest BCUT2D eigenvalue weighted by Gasteiger charge is -2.09. The third-order valence-corrected chi connectivity index (χ3v) is 5.55. The van der Waals surface area contributed by atoms with E-state index in [2.05, 4.69) is 15.7 Å². The van der Waals surface area contributed by atoms with Gasteiger partial charge < -0.3 is 10.6 Å². The number of hydrogen-bond acceptors (Lipinski definition) is 3. The van der Waals surface area contributed by atoms with Crippen molar-refractivity contribution in [1.29, 1.82) is 0 Å². The third-order valence-electron chi connectivity index (χ3n) is 5.18. The van der Waals surface area contributed by atoms with Crippen molar-refractivity contribution in [2.24, 2.45) is 0 Å². The molecule has 0 spiro atoms. The van der Waals surface area contributed by atoms with Crippen molar-refractivity contribution < 1.29 is 9.59 Å². The van der Waals surface area contributed by atoms with Gasteiger partial charge in [0.1, 0.15) is 0 Å². The van der Waals surface area contributed by atoms with Crippen molar-refractivity contribution in [3.05, 3.63) is 81.6 Å². The first-order valence-corrected chi connectivity index (χ1v) is 10.3. The fourth-order valence-electron chi connectivity index (χ4n) is 3.40. The van der Waals surface area contributed by atoms with Gasteiger partial charge in [0.2, 0.25) is 0 Å². The fourth-order valence-corrected chi connectivity index (χ4v) is 3.59. The van der Waals surface area contributed by atoms with Gasteiger partial charge in [0.05, 0.1) is 17.8 Å². The Morgan fingerprint density at radius 3 is 2.60 bits per heavy atom. The quantitative estimate of drug-likeness (QED) is 0.620. The summed E-state index contributed by atoms with van der Waals surface area (Å²) in [5, 5.41) is 11.0. The van der Waals surface area contributed by atoms with Crippen LogP contribution in [0.5, 0.6) is 0 Å². The first-order valence-electron chi connectivity index (χ1n) is 9.92. The summed E-state index contributed by atoms with van der Waals surface area (Å²) in [5.74, 6) is -0.372. The monoisotopic (exact) mass is 422 g/mol. The Morgan fingerprint density at radius 1 is 1.10 bits per heavy atom. The van der Waals surface area contributed by atoms with Gasteiger partial charge in [-0.25, -0.2) is 0 Å². The number of halogens is 1. The van der Waals surface area contributed by atoms with Gasteiger partial charge in [-0.1, -0.05) is 35.9 Å². The second-order valence-corrected chi connectivity index (χ2v) is 7.98. The lowest BCUT2D eigenvalue weighted by Crippen LogP contribution is -2.25. The van der Waals surface area contributed by atoms with Gasteiger partial charge in [-0.3, -0.25) is 14.3 Å². The minimum Gasteiger partial charge on any atom is -0.349 e. The smallest absolute Gasteiger partial charge is 0.259 e. The summed E-state index contributed by atoms with van der Waals surface area (Å²) in [6.45, 7) is 4.16. The number of carbonyl (C=O) groups excluding carboxylic acids is 2. The number of aromatic nitrogens is 2. The molecular formula is C23H23ClN4O2. The maximum Gasteiger partial charge on any atom is 0.259 e. The molecule has 1 aliphatic rings. The second kappa shape index (κ2) is 8.32. The summed E-state index contributed by atoms with van der Waals surface area (Å²) < 4.78 is 1.78. The SMILES string of the molecule is Cc1nn(Cc2ccccc2Cl)c(C)c1C(=O)Nc1cccc(C(=O)NC2CC2)c1. The molecule has 7 heteroatoms. The van der Waals surface area contributed by atoms with Crippen molar-refractivity contribution in [3.63, 3.8) is 0 Å². The first-order chi connectivity index (χ1) is 14.4. The molecule has 154 valence electrons. The molecule has 6 nitrogen and oxygen atoms in total. The Morgan fingerprint density at radius 2 is 1.87 bits per heavy atom. The molecule has 1 saturated carbocycles. The van der Waals surface area contributed by atoms with E-state index < -0.39 is 0 Å². The van der Waals surface area contributed by atoms with E-state index in [-0.39, 0.29) is 17.9 Å². The molecule has 1 fully saturated rings. The Balaban J connectivity index is 1.52. The second-order valence-electron chi connectivity index (χ2n) is 7.58. The van der Waals surface area contributed by atoms with Gasteiger partial charge in [0, 0.05) is 28.0 Å². The van der Waals surface area contributed by atoms with E-state index in [1.165, 1.54) is 0 Å². The largest absolute Gasteiger partial charge is 0.349 e. The predicted octanol–water partition coefficient (Wildman–Crippen LogP) is 4.35. The van der Waals surface area contributed by atoms with Gasteiger partial charge in [-0.05, 0) is 56.5 Å². The van der Waals surface area contributed by atoms with Crippen molar-refractivity contribution in [3.8, 4) is 0 Å². The standard InChI is InChI=1S/C23H23ClN4O2/c1-14-21(15(2)28(27-14)13-17-6-3-4-9-20(17)24)23(30)26-19-8-5-7-16(12-19)22(29)25-18-10-11-18/h3-9,12,18H,10-11,13H2,1-2H3,(H,25,29)(H,26,30). The zero-order chi connectivity index (χ0) is 21.3. The number of benzene rings is 2. The molecule has 3 aromatic rings. The van der Waals surface area contributed by atoms with Crippen LogP contribution in [0.1, 0.15) is 50.5 Å². The molecule has 2 amide bonds. The molecule has 0 radical (unpaired) electrons. The zero-order valence-corrected chi connectivity index (χ0v) is 17.7. The number of rotatable bonds is 6. The van der Waals surface area contributed by atoms with Gasteiger partial charge >= 0.3 is 0 Å². The molecule has 1 heterocycles. The minimum absolute atomic E-state index is 0.117. The highest BCUT2D eigenvalue weighted by Crippen LogP contribution is 2.22. The van der Waals surface area contributed by atoms with Gasteiger partial charge in [-0.15, -0.1) is 0 Å². The summed E-state index contributed by atoms with van der Waals surface area (Å²) in [7, 11) is 0. The van der Waals surface area contributed by atoms with Gasteiger partial charge in [0.25, 0.3) is 11.8 Å². The maximum atomic E-state index is 13.0. The van der Waals surface area contributed by atoms with Crippen LogP contribution in [-0.4, -0.2) is 27.6 Å². The van der Waals surface area contributed by atoms with Gasteiger partial charge in [-0.2, -0.15) is 5.10 Å². The number of amides is 2. The summed E-state index contributed by atoms with van der Waals surface area (Å²) in [6, 6.07) is 14.8. The number of hydrogen-bond donors (Lipinski definition) is 2. The normalized spacial score (nSPS) is 13.2. The summed E-state index contributed by atoms with van der Waals surface area (Å²) >= 11 is 6.27. The summed E-state index contributed by atoms with van der Waals surface area (Å²) in [5.41, 5.74) is 3.96. The van der Waals surface area contributed by atoms with Crippen molar-refractivity contribution in [2.45, 2.75) is 39.3 Å². The Bertz CT molecular complexity index is 1120. The van der Waals surface area contributed by atoms with E-state index in [0.717, 1.165) is 24.1 Å². The lowest BCUT2D eigenvalue weighted by atomic mass is 10.1. The van der Waals surface area contributed by atoms with E-state index in [1.807, 2.05) is 38.1 Å². The fraction of sp³-hybridized carbons (Fsp3) is 0.261. The molecule has 4 rings (SSSR count). The molecule has 1 aromatic heterocycles. The molecule has 1 aliphatic carbocycles. The summed E-state index contributed by atoms with van der Waals surface area (Å²) in [4.78, 5) is 25.2. The highest BCUT2D eigenvalue weighted by atomic mass is 35.5. The average Bonchev–Trinajstić information content (AvgIpc) is 3.48. The Hall–Kier alpha value is -3.12. The highest BCUT2D eigenvalue weighted by Gasteiger charge is 2.24. The van der Waals surface area contributed by atoms with Crippen LogP contribution in [0.3, 0.4) is 0 Å². The van der Waals surface area contributed by atoms with Crippen LogP contribution in [0.2, 0.25) is 5.02 Å². The summed E-state index contributed by atoms with van der Waals surface area (Å²) in [6.07, 6.45) is 2.05. The first kappa shape index (κ1) is 20.2. The average molecular weight is 423 g/mol. The lowest BCUT2D eigenvalue weighted by molar-refractivity contribution is 0.0949. The molecule has 0 bridgehead atoms. The Kier molecular flexibility index (Phi) is 5.59. The Labute approximate surface area is 180 Å². The van der Waals surface area contributed by atoms with E-state index in [0.29, 0.717) is 34.1 Å². The minimum atomic E-state index is -0.254. The van der Waals surface area contributed by atoms with Crippen LogP contribution in [0.4, 0.5) is 5.69 Å². The van der Waals surface area contributed by atoms with Crippen molar-refractivity contribution in [2.75, 3.05) is 5.32 Å². The number of aryl methyl sites for hydroxylation is 1. The van der Waals surface area contributed by atoms with Crippen LogP contribution in [-0.2, 0) is 6.54 Å². The zero-order valence-electron chi connectivity index (χ0n) is 16.9. The topological polar surface area (TPSA) is 76.0 Å². The number of carbonyl (C=O) groups is 2. The molecule has 0 saturated heterocycles. The van der Waals surface area contributed by atoms with Crippen LogP contribution < -0.4 is 10.6 Å². The van der Waals surface area contributed by atoms with Crippen LogP contribution >= 0.6 is 11.6 Å². The predicted molar refractivity (Wildman–Crippen MR) is 117 cm³/mol. The molecule has 2 N–H and O–H groups in total. The molecule has 0 atom stereocenters. The van der Waals surface area contributed by atoms with E-state index in [1.54, 1.807) is 28.9 Å². The van der Waals surface area contributed by atoms with Crippen LogP contribution in [0, 0.1) is 13.8 Å². The molecular weight excluding hydrogens is 400 g/mol. The van der Waals surface area contributed by atoms with E-state index >= 15 is 0 Å². The van der Waals surface area contributed by atoms with Crippen LogP contribution in [0.15, 0.2) is 48.5 Å². The number of anilines is 1. The maximum absolute atomic E-state index is 13.0. The van der Waals surface area contributed by atoms with E-state index in [9.17, 15) is 9.59 Å². The molecule has 30 heavy (non-hydrogen) atoms. The van der Waals surface area contributed by atoms with E-state index in [4.69, 9.17) is 11.6 Å². The number of nitrogens with one attached hydrogen (secondary N) is 2. The molecule has 0 aliphatic heterocycles. The highest BCUT2D eigenvalue weighted by molar-refractivity contribution is 6.31. The molecule has 0 unspecified atom stereocenters. The number of nitrogens with zero attached hydrogens (tertiary/aromatic N) is 2. The van der Waals surface area contributed by atoms with Crippen molar-refractivity contribution in [1.82, 2.24) is 15.1 Å². The van der Waals surface area contributed by atoms with Gasteiger partial charge in [0.15, 0.2) is 0 Å². The molecule has 2 aromatic carbocycles. The third kappa shape index (κ3) is 4.39. The van der Waals surface area contributed by atoms with Crippen LogP contribution in [0.25, 0.3) is 0 Å².